The summed E-state index contributed by atoms with van der Waals surface area (Å²) in [5.41, 5.74) is 2.01. The quantitative estimate of drug-likeness (QED) is 0.864. The molecule has 1 amide bonds. The van der Waals surface area contributed by atoms with Crippen molar-refractivity contribution in [3.8, 4) is 0 Å². The van der Waals surface area contributed by atoms with Crippen LogP contribution in [0.5, 0.6) is 0 Å². The van der Waals surface area contributed by atoms with E-state index in [1.165, 1.54) is 5.69 Å². The molecule has 0 radical (unpaired) electrons. The zero-order valence-corrected chi connectivity index (χ0v) is 15.0. The molecule has 0 aliphatic carbocycles. The highest BCUT2D eigenvalue weighted by atomic mass is 32.1. The number of hydrogen-bond acceptors (Lipinski definition) is 4. The molecular weight excluding hydrogens is 308 g/mol. The first kappa shape index (κ1) is 16.2. The molecule has 1 aliphatic rings. The molecule has 124 valence electrons. The molecule has 0 aromatic carbocycles. The zero-order chi connectivity index (χ0) is 16.6. The van der Waals surface area contributed by atoms with Gasteiger partial charge in [0.1, 0.15) is 5.82 Å². The van der Waals surface area contributed by atoms with Crippen LogP contribution in [0, 0.1) is 0 Å². The van der Waals surface area contributed by atoms with Crippen molar-refractivity contribution in [1.29, 1.82) is 0 Å². The molecule has 23 heavy (non-hydrogen) atoms. The number of imidazole rings is 1. The first-order valence-corrected chi connectivity index (χ1v) is 9.01. The molecule has 0 saturated heterocycles. The monoisotopic (exact) mass is 332 g/mol. The summed E-state index contributed by atoms with van der Waals surface area (Å²) in [5.74, 6) is 1.10. The topological polar surface area (TPSA) is 41.4 Å². The Labute approximate surface area is 141 Å². The Balaban J connectivity index is 1.80. The summed E-state index contributed by atoms with van der Waals surface area (Å²) in [7, 11) is 2.13. The van der Waals surface area contributed by atoms with Crippen molar-refractivity contribution in [3.63, 3.8) is 0 Å². The van der Waals surface area contributed by atoms with Crippen molar-refractivity contribution in [2.24, 2.45) is 0 Å². The number of fused-ring (bicyclic) bond motifs is 1. The molecule has 3 heterocycles. The second-order valence-corrected chi connectivity index (χ2v) is 7.23. The number of thiophene rings is 1. The van der Waals surface area contributed by atoms with Gasteiger partial charge in [0.2, 0.25) is 0 Å². The van der Waals surface area contributed by atoms with E-state index in [0.717, 1.165) is 31.0 Å². The fraction of sp³-hybridized carbons (Fsp3) is 0.529. The molecular formula is C17H24N4OS. The van der Waals surface area contributed by atoms with Crippen LogP contribution in [0.1, 0.15) is 48.7 Å². The van der Waals surface area contributed by atoms with Crippen molar-refractivity contribution in [3.05, 3.63) is 40.1 Å². The van der Waals surface area contributed by atoms with Gasteiger partial charge in [-0.3, -0.25) is 9.69 Å². The van der Waals surface area contributed by atoms with Crippen LogP contribution in [0.2, 0.25) is 0 Å². The van der Waals surface area contributed by atoms with Crippen LogP contribution in [0.25, 0.3) is 0 Å². The van der Waals surface area contributed by atoms with Crippen LogP contribution < -0.4 is 0 Å². The van der Waals surface area contributed by atoms with E-state index in [1.54, 1.807) is 11.3 Å². The van der Waals surface area contributed by atoms with Crippen LogP contribution in [0.15, 0.2) is 23.0 Å². The lowest BCUT2D eigenvalue weighted by molar-refractivity contribution is 0.0635. The van der Waals surface area contributed by atoms with Gasteiger partial charge in [-0.05, 0) is 39.3 Å². The van der Waals surface area contributed by atoms with Gasteiger partial charge in [-0.15, -0.1) is 0 Å². The lowest BCUT2D eigenvalue weighted by Crippen LogP contribution is -2.41. The molecule has 0 unspecified atom stereocenters. The maximum absolute atomic E-state index is 12.6. The average Bonchev–Trinajstić information content (AvgIpc) is 3.17. The van der Waals surface area contributed by atoms with Crippen molar-refractivity contribution < 1.29 is 4.79 Å². The van der Waals surface area contributed by atoms with Crippen molar-refractivity contribution >= 4 is 17.2 Å². The summed E-state index contributed by atoms with van der Waals surface area (Å²) in [6, 6.07) is 2.40. The van der Waals surface area contributed by atoms with E-state index in [1.807, 2.05) is 27.9 Å². The number of amides is 1. The summed E-state index contributed by atoms with van der Waals surface area (Å²) in [5, 5.41) is 3.86. The fourth-order valence-electron chi connectivity index (χ4n) is 2.95. The highest BCUT2D eigenvalue weighted by molar-refractivity contribution is 7.08. The number of aromatic nitrogens is 2. The summed E-state index contributed by atoms with van der Waals surface area (Å²) in [6.45, 7) is 8.89. The standard InChI is InChI=1S/C17H24N4OS/c1-12(2)19(4)10-15-9-18-16-13(3)20(6-7-21(15)16)17(22)14-5-8-23-11-14/h5,8-9,11-13H,6-7,10H2,1-4H3/t13-/m0/s1. The van der Waals surface area contributed by atoms with Crippen molar-refractivity contribution in [2.45, 2.75) is 45.9 Å². The van der Waals surface area contributed by atoms with Crippen LogP contribution in [-0.4, -0.2) is 44.9 Å². The highest BCUT2D eigenvalue weighted by Crippen LogP contribution is 2.27. The Kier molecular flexibility index (Phi) is 4.55. The predicted octanol–water partition coefficient (Wildman–Crippen LogP) is 3.00. The predicted molar refractivity (Wildman–Crippen MR) is 92.6 cm³/mol. The largest absolute Gasteiger partial charge is 0.327 e. The first-order valence-electron chi connectivity index (χ1n) is 8.06. The van der Waals surface area contributed by atoms with E-state index in [-0.39, 0.29) is 11.9 Å². The molecule has 2 aromatic heterocycles. The van der Waals surface area contributed by atoms with Gasteiger partial charge in [-0.25, -0.2) is 4.98 Å². The Morgan fingerprint density at radius 1 is 1.48 bits per heavy atom. The summed E-state index contributed by atoms with van der Waals surface area (Å²) < 4.78 is 2.28. The van der Waals surface area contributed by atoms with E-state index in [9.17, 15) is 4.79 Å². The van der Waals surface area contributed by atoms with Gasteiger partial charge in [0, 0.05) is 37.3 Å². The second-order valence-electron chi connectivity index (χ2n) is 6.45. The molecule has 6 heteroatoms. The SMILES string of the molecule is CC(C)N(C)Cc1cnc2n1CCN(C(=O)c1ccsc1)[C@H]2C. The number of rotatable bonds is 4. The van der Waals surface area contributed by atoms with E-state index in [4.69, 9.17) is 0 Å². The van der Waals surface area contributed by atoms with Gasteiger partial charge < -0.3 is 9.47 Å². The summed E-state index contributed by atoms with van der Waals surface area (Å²) >= 11 is 1.56. The van der Waals surface area contributed by atoms with Crippen LogP contribution >= 0.6 is 11.3 Å². The van der Waals surface area contributed by atoms with Crippen LogP contribution in [0.4, 0.5) is 0 Å². The maximum Gasteiger partial charge on any atom is 0.255 e. The third-order valence-corrected chi connectivity index (χ3v) is 5.38. The molecule has 5 nitrogen and oxygen atoms in total. The minimum absolute atomic E-state index is 0.00857. The van der Waals surface area contributed by atoms with Crippen molar-refractivity contribution in [2.75, 3.05) is 13.6 Å². The minimum Gasteiger partial charge on any atom is -0.327 e. The van der Waals surface area contributed by atoms with E-state index < -0.39 is 0 Å². The van der Waals surface area contributed by atoms with Gasteiger partial charge in [0.25, 0.3) is 5.91 Å². The third kappa shape index (κ3) is 3.05. The van der Waals surface area contributed by atoms with Gasteiger partial charge >= 0.3 is 0 Å². The normalized spacial score (nSPS) is 17.8. The summed E-state index contributed by atoms with van der Waals surface area (Å²) in [4.78, 5) is 21.5. The average molecular weight is 332 g/mol. The van der Waals surface area contributed by atoms with Crippen molar-refractivity contribution in [1.82, 2.24) is 19.4 Å². The van der Waals surface area contributed by atoms with E-state index >= 15 is 0 Å². The van der Waals surface area contributed by atoms with E-state index in [0.29, 0.717) is 6.04 Å². The Morgan fingerprint density at radius 2 is 2.26 bits per heavy atom. The smallest absolute Gasteiger partial charge is 0.255 e. The highest BCUT2D eigenvalue weighted by Gasteiger charge is 2.31. The minimum atomic E-state index is 0.00857. The maximum atomic E-state index is 12.6. The molecule has 0 N–H and O–H groups in total. The number of hydrogen-bond donors (Lipinski definition) is 0. The van der Waals surface area contributed by atoms with Gasteiger partial charge in [0.15, 0.2) is 0 Å². The number of nitrogens with zero attached hydrogens (tertiary/aromatic N) is 4. The molecule has 0 fully saturated rings. The zero-order valence-electron chi connectivity index (χ0n) is 14.2. The van der Waals surface area contributed by atoms with Crippen LogP contribution in [-0.2, 0) is 13.1 Å². The fourth-order valence-corrected chi connectivity index (χ4v) is 3.58. The molecule has 1 atom stereocenters. The Hall–Kier alpha value is -1.66. The molecule has 0 saturated carbocycles. The molecule has 1 aliphatic heterocycles. The Bertz CT molecular complexity index is 677. The van der Waals surface area contributed by atoms with E-state index in [2.05, 4.69) is 42.3 Å². The van der Waals surface area contributed by atoms with Gasteiger partial charge in [-0.2, -0.15) is 11.3 Å². The lowest BCUT2D eigenvalue weighted by Gasteiger charge is -2.34. The molecule has 2 aromatic rings. The van der Waals surface area contributed by atoms with Gasteiger partial charge in [0.05, 0.1) is 17.3 Å². The summed E-state index contributed by atoms with van der Waals surface area (Å²) in [6.07, 6.45) is 1.96. The molecule has 3 rings (SSSR count). The lowest BCUT2D eigenvalue weighted by atomic mass is 10.1. The second kappa shape index (κ2) is 6.45. The van der Waals surface area contributed by atoms with Crippen LogP contribution in [0.3, 0.4) is 0 Å². The number of carbonyl (C=O) groups is 1. The third-order valence-electron chi connectivity index (χ3n) is 4.70. The molecule has 0 bridgehead atoms. The number of carbonyl (C=O) groups excluding carboxylic acids is 1. The Morgan fingerprint density at radius 3 is 2.91 bits per heavy atom. The first-order chi connectivity index (χ1) is 11.0. The molecule has 0 spiro atoms. The van der Waals surface area contributed by atoms with Gasteiger partial charge in [-0.1, -0.05) is 0 Å².